The molecular weight excluding hydrogens is 258 g/mol. The molecule has 1 saturated carbocycles. The zero-order valence-corrected chi connectivity index (χ0v) is 12.9. The van der Waals surface area contributed by atoms with E-state index in [1.165, 1.54) is 25.7 Å². The fraction of sp³-hybridized carbons (Fsp3) is 0.800. The molecule has 1 heterocycles. The monoisotopic (exact) mass is 283 g/mol. The van der Waals surface area contributed by atoms with Crippen LogP contribution in [0.2, 0.25) is 0 Å². The van der Waals surface area contributed by atoms with Crippen LogP contribution in [-0.4, -0.2) is 21.2 Å². The van der Waals surface area contributed by atoms with E-state index in [2.05, 4.69) is 36.1 Å². The SMILES string of the molecule is CCC(CC)(CCl)NCc1ccn(C2CCCC2)n1. The average Bonchev–Trinajstić information content (AvgIpc) is 3.12. The van der Waals surface area contributed by atoms with Crippen molar-refractivity contribution in [3.63, 3.8) is 0 Å². The second kappa shape index (κ2) is 6.76. The number of alkyl halides is 1. The quantitative estimate of drug-likeness (QED) is 0.770. The maximum atomic E-state index is 6.11. The molecule has 108 valence electrons. The summed E-state index contributed by atoms with van der Waals surface area (Å²) in [6.45, 7) is 5.19. The van der Waals surface area contributed by atoms with Crippen LogP contribution in [0.25, 0.3) is 0 Å². The third kappa shape index (κ3) is 3.51. The van der Waals surface area contributed by atoms with Gasteiger partial charge in [-0.3, -0.25) is 4.68 Å². The standard InChI is InChI=1S/C15H26ClN3/c1-3-15(4-2,12-16)17-11-13-9-10-19(18-13)14-7-5-6-8-14/h9-10,14,17H,3-8,11-12H2,1-2H3. The molecule has 0 radical (unpaired) electrons. The van der Waals surface area contributed by atoms with Gasteiger partial charge in [-0.05, 0) is 31.7 Å². The molecule has 0 saturated heterocycles. The number of hydrogen-bond acceptors (Lipinski definition) is 2. The molecule has 0 aliphatic heterocycles. The van der Waals surface area contributed by atoms with Crippen molar-refractivity contribution in [2.45, 2.75) is 70.5 Å². The van der Waals surface area contributed by atoms with Crippen LogP contribution in [0.1, 0.15) is 64.1 Å². The van der Waals surface area contributed by atoms with Crippen molar-refractivity contribution in [2.75, 3.05) is 5.88 Å². The van der Waals surface area contributed by atoms with Gasteiger partial charge in [0.25, 0.3) is 0 Å². The van der Waals surface area contributed by atoms with Gasteiger partial charge >= 0.3 is 0 Å². The second-order valence-corrected chi connectivity index (χ2v) is 5.97. The molecule has 1 aromatic heterocycles. The molecule has 3 nitrogen and oxygen atoms in total. The molecule has 19 heavy (non-hydrogen) atoms. The summed E-state index contributed by atoms with van der Waals surface area (Å²) in [7, 11) is 0. The zero-order chi connectivity index (χ0) is 13.7. The van der Waals surface area contributed by atoms with Crippen LogP contribution < -0.4 is 5.32 Å². The Morgan fingerprint density at radius 1 is 1.37 bits per heavy atom. The van der Waals surface area contributed by atoms with E-state index in [0.29, 0.717) is 11.9 Å². The predicted molar refractivity (Wildman–Crippen MR) is 80.6 cm³/mol. The fourth-order valence-corrected chi connectivity index (χ4v) is 3.33. The molecule has 0 aromatic carbocycles. The van der Waals surface area contributed by atoms with Gasteiger partial charge in [0.1, 0.15) is 0 Å². The lowest BCUT2D eigenvalue weighted by atomic mass is 9.95. The fourth-order valence-electron chi connectivity index (χ4n) is 2.86. The van der Waals surface area contributed by atoms with Gasteiger partial charge in [0.05, 0.1) is 11.7 Å². The van der Waals surface area contributed by atoms with Gasteiger partial charge in [-0.2, -0.15) is 5.10 Å². The van der Waals surface area contributed by atoms with Gasteiger partial charge in [0.15, 0.2) is 0 Å². The second-order valence-electron chi connectivity index (χ2n) is 5.70. The molecule has 4 heteroatoms. The lowest BCUT2D eigenvalue weighted by Gasteiger charge is -2.30. The molecule has 2 rings (SSSR count). The van der Waals surface area contributed by atoms with Crippen LogP contribution in [0.3, 0.4) is 0 Å². The summed E-state index contributed by atoms with van der Waals surface area (Å²) < 4.78 is 2.16. The number of hydrogen-bond donors (Lipinski definition) is 1. The normalized spacial score (nSPS) is 17.2. The van der Waals surface area contributed by atoms with Crippen LogP contribution in [-0.2, 0) is 6.54 Å². The Morgan fingerprint density at radius 2 is 2.05 bits per heavy atom. The third-order valence-electron chi connectivity index (χ3n) is 4.62. The van der Waals surface area contributed by atoms with Crippen LogP contribution in [0.15, 0.2) is 12.3 Å². The molecule has 1 aliphatic rings. The van der Waals surface area contributed by atoms with Crippen molar-refractivity contribution >= 4 is 11.6 Å². The highest BCUT2D eigenvalue weighted by Gasteiger charge is 2.24. The van der Waals surface area contributed by atoms with E-state index >= 15 is 0 Å². The van der Waals surface area contributed by atoms with Crippen molar-refractivity contribution in [3.05, 3.63) is 18.0 Å². The Balaban J connectivity index is 1.92. The minimum Gasteiger partial charge on any atom is -0.304 e. The van der Waals surface area contributed by atoms with Crippen molar-refractivity contribution < 1.29 is 0 Å². The van der Waals surface area contributed by atoms with E-state index in [9.17, 15) is 0 Å². The van der Waals surface area contributed by atoms with Gasteiger partial charge < -0.3 is 5.32 Å². The summed E-state index contributed by atoms with van der Waals surface area (Å²) in [6, 6.07) is 2.76. The first-order valence-electron chi connectivity index (χ1n) is 7.58. The lowest BCUT2D eigenvalue weighted by Crippen LogP contribution is -2.45. The van der Waals surface area contributed by atoms with E-state index in [0.717, 1.165) is 25.1 Å². The minimum absolute atomic E-state index is 0.0543. The molecule has 0 unspecified atom stereocenters. The first kappa shape index (κ1) is 14.9. The highest BCUT2D eigenvalue weighted by atomic mass is 35.5. The highest BCUT2D eigenvalue weighted by molar-refractivity contribution is 6.18. The van der Waals surface area contributed by atoms with Crippen LogP contribution in [0.5, 0.6) is 0 Å². The van der Waals surface area contributed by atoms with Crippen molar-refractivity contribution in [1.82, 2.24) is 15.1 Å². The summed E-state index contributed by atoms with van der Waals surface area (Å²) >= 11 is 6.11. The summed E-state index contributed by atoms with van der Waals surface area (Å²) in [5.74, 6) is 0.656. The Kier molecular flexibility index (Phi) is 5.28. The Bertz CT molecular complexity index is 370. The molecule has 0 amide bonds. The van der Waals surface area contributed by atoms with Crippen molar-refractivity contribution in [2.24, 2.45) is 0 Å². The summed E-state index contributed by atoms with van der Waals surface area (Å²) in [4.78, 5) is 0. The number of halogens is 1. The summed E-state index contributed by atoms with van der Waals surface area (Å²) in [5, 5.41) is 8.30. The van der Waals surface area contributed by atoms with Crippen LogP contribution in [0.4, 0.5) is 0 Å². The number of nitrogens with one attached hydrogen (secondary N) is 1. The van der Waals surface area contributed by atoms with Crippen molar-refractivity contribution in [1.29, 1.82) is 0 Å². The summed E-state index contributed by atoms with van der Waals surface area (Å²) in [6.07, 6.45) is 9.49. The lowest BCUT2D eigenvalue weighted by molar-refractivity contribution is 0.331. The molecule has 1 aliphatic carbocycles. The molecule has 1 fully saturated rings. The minimum atomic E-state index is 0.0543. The molecule has 0 bridgehead atoms. The number of aromatic nitrogens is 2. The molecular formula is C15H26ClN3. The largest absolute Gasteiger partial charge is 0.304 e. The van der Waals surface area contributed by atoms with Crippen LogP contribution >= 0.6 is 11.6 Å². The van der Waals surface area contributed by atoms with Gasteiger partial charge in [-0.1, -0.05) is 26.7 Å². The van der Waals surface area contributed by atoms with E-state index in [1.807, 2.05) is 0 Å². The Morgan fingerprint density at radius 3 is 2.63 bits per heavy atom. The number of rotatable bonds is 7. The Labute approximate surface area is 121 Å². The first-order chi connectivity index (χ1) is 9.23. The van der Waals surface area contributed by atoms with E-state index in [-0.39, 0.29) is 5.54 Å². The van der Waals surface area contributed by atoms with E-state index < -0.39 is 0 Å². The average molecular weight is 284 g/mol. The molecule has 1 N–H and O–H groups in total. The van der Waals surface area contributed by atoms with E-state index in [4.69, 9.17) is 16.7 Å². The van der Waals surface area contributed by atoms with Crippen LogP contribution in [0, 0.1) is 0 Å². The number of nitrogens with zero attached hydrogens (tertiary/aromatic N) is 2. The van der Waals surface area contributed by atoms with Gasteiger partial charge in [0.2, 0.25) is 0 Å². The summed E-state index contributed by atoms with van der Waals surface area (Å²) in [5.41, 5.74) is 1.18. The molecule has 0 atom stereocenters. The first-order valence-corrected chi connectivity index (χ1v) is 8.11. The maximum absolute atomic E-state index is 6.11. The zero-order valence-electron chi connectivity index (χ0n) is 12.2. The molecule has 0 spiro atoms. The Hall–Kier alpha value is -0.540. The highest BCUT2D eigenvalue weighted by Crippen LogP contribution is 2.28. The predicted octanol–water partition coefficient (Wildman–Crippen LogP) is 3.89. The van der Waals surface area contributed by atoms with E-state index in [1.54, 1.807) is 0 Å². The molecule has 1 aromatic rings. The topological polar surface area (TPSA) is 29.9 Å². The third-order valence-corrected chi connectivity index (χ3v) is 5.13. The van der Waals surface area contributed by atoms with Gasteiger partial charge in [0, 0.05) is 24.2 Å². The van der Waals surface area contributed by atoms with Gasteiger partial charge in [-0.15, -0.1) is 11.6 Å². The van der Waals surface area contributed by atoms with Gasteiger partial charge in [-0.25, -0.2) is 0 Å². The van der Waals surface area contributed by atoms with Crippen molar-refractivity contribution in [3.8, 4) is 0 Å². The maximum Gasteiger partial charge on any atom is 0.0762 e. The smallest absolute Gasteiger partial charge is 0.0762 e.